The highest BCUT2D eigenvalue weighted by molar-refractivity contribution is 6.30. The van der Waals surface area contributed by atoms with Crippen LogP contribution < -0.4 is 19.5 Å². The Labute approximate surface area is 181 Å². The number of halogens is 1. The maximum Gasteiger partial charge on any atom is 0.347 e. The van der Waals surface area contributed by atoms with Crippen LogP contribution in [0.25, 0.3) is 0 Å². The number of hydrogen-bond donors (Lipinski definition) is 1. The minimum atomic E-state index is -0.857. The molecular formula is C22H26ClNO6. The molecule has 0 aromatic heterocycles. The maximum absolute atomic E-state index is 12.1. The molecule has 0 fully saturated rings. The van der Waals surface area contributed by atoms with Crippen molar-refractivity contribution >= 4 is 23.5 Å². The highest BCUT2D eigenvalue weighted by Gasteiger charge is 2.18. The lowest BCUT2D eigenvalue weighted by atomic mass is 10.1. The Hall–Kier alpha value is -2.93. The number of benzene rings is 2. The van der Waals surface area contributed by atoms with E-state index in [0.29, 0.717) is 35.2 Å². The number of amides is 1. The fourth-order valence-corrected chi connectivity index (χ4v) is 2.90. The van der Waals surface area contributed by atoms with Gasteiger partial charge in [-0.25, -0.2) is 4.79 Å². The number of ether oxygens (including phenoxy) is 4. The summed E-state index contributed by atoms with van der Waals surface area (Å²) in [5, 5.41) is 3.30. The molecule has 0 spiro atoms. The van der Waals surface area contributed by atoms with Gasteiger partial charge in [-0.15, -0.1) is 0 Å². The van der Waals surface area contributed by atoms with E-state index in [1.54, 1.807) is 39.3 Å². The summed E-state index contributed by atoms with van der Waals surface area (Å²) >= 11 is 5.91. The second-order valence-electron chi connectivity index (χ2n) is 6.57. The fourth-order valence-electron chi connectivity index (χ4n) is 2.67. The molecule has 1 N–H and O–H groups in total. The summed E-state index contributed by atoms with van der Waals surface area (Å²) in [5.74, 6) is 0.781. The standard InChI is InChI=1S/C22H26ClNO6/c1-14-11-17(23)6-8-18(14)30-15(2)22(26)29-13-21(25)24-10-9-16-5-7-19(27-3)20(12-16)28-4/h5-8,11-12,15H,9-10,13H2,1-4H3,(H,24,25). The first kappa shape index (κ1) is 23.3. The van der Waals surface area contributed by atoms with Gasteiger partial charge in [-0.3, -0.25) is 4.79 Å². The molecule has 30 heavy (non-hydrogen) atoms. The van der Waals surface area contributed by atoms with E-state index in [2.05, 4.69) is 5.32 Å². The SMILES string of the molecule is COc1ccc(CCNC(=O)COC(=O)C(C)Oc2ccc(Cl)cc2C)cc1OC. The van der Waals surface area contributed by atoms with Crippen molar-refractivity contribution in [3.05, 3.63) is 52.5 Å². The second kappa shape index (κ2) is 11.3. The van der Waals surface area contributed by atoms with Gasteiger partial charge in [-0.1, -0.05) is 17.7 Å². The van der Waals surface area contributed by atoms with E-state index in [0.717, 1.165) is 11.1 Å². The highest BCUT2D eigenvalue weighted by atomic mass is 35.5. The van der Waals surface area contributed by atoms with Gasteiger partial charge < -0.3 is 24.3 Å². The van der Waals surface area contributed by atoms with Gasteiger partial charge in [-0.05, 0) is 61.7 Å². The van der Waals surface area contributed by atoms with Crippen molar-refractivity contribution in [1.29, 1.82) is 0 Å². The topological polar surface area (TPSA) is 83.1 Å². The smallest absolute Gasteiger partial charge is 0.347 e. The van der Waals surface area contributed by atoms with Gasteiger partial charge in [0.05, 0.1) is 14.2 Å². The zero-order valence-corrected chi connectivity index (χ0v) is 18.2. The van der Waals surface area contributed by atoms with Crippen molar-refractivity contribution in [3.8, 4) is 17.2 Å². The van der Waals surface area contributed by atoms with Gasteiger partial charge in [-0.2, -0.15) is 0 Å². The predicted octanol–water partition coefficient (Wildman–Crippen LogP) is 3.34. The number of hydrogen-bond acceptors (Lipinski definition) is 6. The number of esters is 1. The van der Waals surface area contributed by atoms with E-state index in [9.17, 15) is 9.59 Å². The lowest BCUT2D eigenvalue weighted by molar-refractivity contribution is -0.154. The molecular weight excluding hydrogens is 410 g/mol. The van der Waals surface area contributed by atoms with Crippen LogP contribution in [0.5, 0.6) is 17.2 Å². The first-order valence-electron chi connectivity index (χ1n) is 9.41. The van der Waals surface area contributed by atoms with Crippen LogP contribution >= 0.6 is 11.6 Å². The summed E-state index contributed by atoms with van der Waals surface area (Å²) in [7, 11) is 3.14. The average Bonchev–Trinajstić information content (AvgIpc) is 2.73. The van der Waals surface area contributed by atoms with Gasteiger partial charge in [0.15, 0.2) is 24.2 Å². The molecule has 0 saturated carbocycles. The first-order valence-corrected chi connectivity index (χ1v) is 9.79. The van der Waals surface area contributed by atoms with E-state index in [1.165, 1.54) is 0 Å². The molecule has 0 radical (unpaired) electrons. The number of methoxy groups -OCH3 is 2. The summed E-state index contributed by atoms with van der Waals surface area (Å²) in [6, 6.07) is 10.6. The molecule has 1 atom stereocenters. The van der Waals surface area contributed by atoms with Crippen molar-refractivity contribution in [2.75, 3.05) is 27.4 Å². The van der Waals surface area contributed by atoms with E-state index in [1.807, 2.05) is 25.1 Å². The van der Waals surface area contributed by atoms with Crippen LogP contribution in [-0.4, -0.2) is 45.4 Å². The fraction of sp³-hybridized carbons (Fsp3) is 0.364. The molecule has 0 saturated heterocycles. The van der Waals surface area contributed by atoms with Gasteiger partial charge in [0, 0.05) is 11.6 Å². The number of nitrogens with one attached hydrogen (secondary N) is 1. The Morgan fingerprint density at radius 2 is 1.73 bits per heavy atom. The van der Waals surface area contributed by atoms with Crippen LogP contribution in [0, 0.1) is 6.92 Å². The van der Waals surface area contributed by atoms with E-state index < -0.39 is 18.0 Å². The Morgan fingerprint density at radius 1 is 1.03 bits per heavy atom. The molecule has 0 bridgehead atoms. The first-order chi connectivity index (χ1) is 14.3. The normalized spacial score (nSPS) is 11.4. The molecule has 0 aliphatic heterocycles. The van der Waals surface area contributed by atoms with E-state index in [4.69, 9.17) is 30.5 Å². The van der Waals surface area contributed by atoms with Crippen LogP contribution in [0.15, 0.2) is 36.4 Å². The molecule has 7 nitrogen and oxygen atoms in total. The molecule has 2 rings (SSSR count). The third-order valence-electron chi connectivity index (χ3n) is 4.30. The molecule has 162 valence electrons. The van der Waals surface area contributed by atoms with Gasteiger partial charge in [0.1, 0.15) is 5.75 Å². The predicted molar refractivity (Wildman–Crippen MR) is 113 cm³/mol. The molecule has 1 amide bonds. The third-order valence-corrected chi connectivity index (χ3v) is 4.54. The van der Waals surface area contributed by atoms with Crippen molar-refractivity contribution in [2.45, 2.75) is 26.4 Å². The summed E-state index contributed by atoms with van der Waals surface area (Å²) < 4.78 is 21.1. The quantitative estimate of drug-likeness (QED) is 0.576. The molecule has 0 aliphatic rings. The third kappa shape index (κ3) is 6.84. The summed E-state index contributed by atoms with van der Waals surface area (Å²) in [6.07, 6.45) is -0.264. The van der Waals surface area contributed by atoms with Crippen molar-refractivity contribution in [3.63, 3.8) is 0 Å². The van der Waals surface area contributed by atoms with Crippen LogP contribution in [0.4, 0.5) is 0 Å². The van der Waals surface area contributed by atoms with Crippen LogP contribution in [-0.2, 0) is 20.7 Å². The van der Waals surface area contributed by atoms with Crippen molar-refractivity contribution < 1.29 is 28.5 Å². The van der Waals surface area contributed by atoms with Crippen LogP contribution in [0.3, 0.4) is 0 Å². The molecule has 8 heteroatoms. The molecule has 0 heterocycles. The van der Waals surface area contributed by atoms with Crippen molar-refractivity contribution in [2.24, 2.45) is 0 Å². The maximum atomic E-state index is 12.1. The van der Waals surface area contributed by atoms with Crippen LogP contribution in [0.2, 0.25) is 5.02 Å². The summed E-state index contributed by atoms with van der Waals surface area (Å²) in [6.45, 7) is 3.40. The number of carbonyl (C=O) groups is 2. The minimum absolute atomic E-state index is 0.377. The Morgan fingerprint density at radius 3 is 2.40 bits per heavy atom. The molecule has 2 aromatic carbocycles. The highest BCUT2D eigenvalue weighted by Crippen LogP contribution is 2.27. The van der Waals surface area contributed by atoms with Crippen LogP contribution in [0.1, 0.15) is 18.1 Å². The Kier molecular flexibility index (Phi) is 8.80. The largest absolute Gasteiger partial charge is 0.493 e. The van der Waals surface area contributed by atoms with E-state index >= 15 is 0 Å². The van der Waals surface area contributed by atoms with Gasteiger partial charge >= 0.3 is 5.97 Å². The lowest BCUT2D eigenvalue weighted by Crippen LogP contribution is -2.33. The monoisotopic (exact) mass is 435 g/mol. The van der Waals surface area contributed by atoms with Crippen molar-refractivity contribution in [1.82, 2.24) is 5.32 Å². The molecule has 2 aromatic rings. The summed E-state index contributed by atoms with van der Waals surface area (Å²) in [5.41, 5.74) is 1.78. The zero-order chi connectivity index (χ0) is 22.1. The van der Waals surface area contributed by atoms with E-state index in [-0.39, 0.29) is 6.61 Å². The van der Waals surface area contributed by atoms with Gasteiger partial charge in [0.2, 0.25) is 0 Å². The average molecular weight is 436 g/mol. The number of aryl methyl sites for hydroxylation is 1. The lowest BCUT2D eigenvalue weighted by Gasteiger charge is -2.15. The second-order valence-corrected chi connectivity index (χ2v) is 7.00. The van der Waals surface area contributed by atoms with Gasteiger partial charge in [0.25, 0.3) is 5.91 Å². The zero-order valence-electron chi connectivity index (χ0n) is 17.5. The summed E-state index contributed by atoms with van der Waals surface area (Å²) in [4.78, 5) is 24.0. The Balaban J connectivity index is 1.74. The molecule has 1 unspecified atom stereocenters. The minimum Gasteiger partial charge on any atom is -0.493 e. The molecule has 0 aliphatic carbocycles. The Bertz CT molecular complexity index is 886. The number of rotatable bonds is 10. The number of carbonyl (C=O) groups excluding carboxylic acids is 2.